The number of benzene rings is 1. The summed E-state index contributed by atoms with van der Waals surface area (Å²) in [4.78, 5) is -0.167. The number of nitrogen functional groups attached to an aromatic ring is 1. The van der Waals surface area contributed by atoms with Crippen molar-refractivity contribution in [2.75, 3.05) is 26.4 Å². The molecule has 1 aromatic carbocycles. The van der Waals surface area contributed by atoms with Crippen LogP contribution in [0.3, 0.4) is 0 Å². The van der Waals surface area contributed by atoms with Gasteiger partial charge in [0, 0.05) is 13.6 Å². The van der Waals surface area contributed by atoms with E-state index in [1.54, 1.807) is 0 Å². The van der Waals surface area contributed by atoms with E-state index in [-0.39, 0.29) is 22.3 Å². The van der Waals surface area contributed by atoms with E-state index in [9.17, 15) is 12.8 Å². The van der Waals surface area contributed by atoms with Crippen molar-refractivity contribution >= 4 is 15.7 Å². The fraction of sp³-hybridized carbons (Fsp3) is 0.538. The van der Waals surface area contributed by atoms with Crippen LogP contribution >= 0.6 is 0 Å². The summed E-state index contributed by atoms with van der Waals surface area (Å²) in [5.41, 5.74) is 5.57. The van der Waals surface area contributed by atoms with Crippen LogP contribution in [0.2, 0.25) is 0 Å². The maximum Gasteiger partial charge on any atom is 0.243 e. The van der Waals surface area contributed by atoms with E-state index in [1.807, 2.05) is 13.8 Å². The van der Waals surface area contributed by atoms with Crippen LogP contribution in [0.1, 0.15) is 20.3 Å². The van der Waals surface area contributed by atoms with E-state index < -0.39 is 15.8 Å². The third-order valence-electron chi connectivity index (χ3n) is 3.22. The quantitative estimate of drug-likeness (QED) is 0.817. The number of anilines is 1. The molecule has 0 heterocycles. The highest BCUT2D eigenvalue weighted by atomic mass is 32.2. The molecule has 1 unspecified atom stereocenters. The lowest BCUT2D eigenvalue weighted by molar-refractivity contribution is 0.385. The van der Waals surface area contributed by atoms with Gasteiger partial charge in [-0.1, -0.05) is 20.3 Å². The smallest absolute Gasteiger partial charge is 0.243 e. The third kappa shape index (κ3) is 3.40. The molecular weight excluding hydrogens is 283 g/mol. The Kier molecular flexibility index (Phi) is 5.35. The molecule has 0 aliphatic rings. The molecule has 0 amide bonds. The molecule has 0 fully saturated rings. The van der Waals surface area contributed by atoms with Crippen LogP contribution in [-0.4, -0.2) is 33.4 Å². The van der Waals surface area contributed by atoms with Gasteiger partial charge in [0.2, 0.25) is 10.0 Å². The summed E-state index contributed by atoms with van der Waals surface area (Å²) in [6.45, 7) is 4.30. The van der Waals surface area contributed by atoms with Crippen LogP contribution in [0.4, 0.5) is 10.1 Å². The molecule has 2 N–H and O–H groups in total. The van der Waals surface area contributed by atoms with Gasteiger partial charge in [0.1, 0.15) is 0 Å². The molecule has 0 aliphatic carbocycles. The second-order valence-electron chi connectivity index (χ2n) is 4.83. The van der Waals surface area contributed by atoms with E-state index in [0.717, 1.165) is 12.5 Å². The van der Waals surface area contributed by atoms with Crippen molar-refractivity contribution in [3.63, 3.8) is 0 Å². The van der Waals surface area contributed by atoms with Gasteiger partial charge in [-0.25, -0.2) is 17.1 Å². The van der Waals surface area contributed by atoms with Crippen molar-refractivity contribution < 1.29 is 17.5 Å². The number of nitrogens with two attached hydrogens (primary N) is 1. The first-order valence-electron chi connectivity index (χ1n) is 6.33. The first kappa shape index (κ1) is 16.7. The first-order chi connectivity index (χ1) is 9.23. The van der Waals surface area contributed by atoms with Gasteiger partial charge in [-0.15, -0.1) is 0 Å². The number of nitrogens with zero attached hydrogens (tertiary/aromatic N) is 1. The largest absolute Gasteiger partial charge is 0.492 e. The Morgan fingerprint density at radius 1 is 1.45 bits per heavy atom. The van der Waals surface area contributed by atoms with Crippen molar-refractivity contribution in [3.8, 4) is 5.75 Å². The zero-order chi connectivity index (χ0) is 15.5. The molecule has 0 aliphatic heterocycles. The molecule has 0 bridgehead atoms. The van der Waals surface area contributed by atoms with Crippen LogP contribution in [0, 0.1) is 11.7 Å². The number of hydrogen-bond acceptors (Lipinski definition) is 4. The molecule has 1 rings (SSSR count). The number of sulfonamides is 1. The average Bonchev–Trinajstić information content (AvgIpc) is 2.37. The van der Waals surface area contributed by atoms with E-state index >= 15 is 0 Å². The number of hydrogen-bond donors (Lipinski definition) is 1. The number of ether oxygens (including phenoxy) is 1. The van der Waals surface area contributed by atoms with Gasteiger partial charge in [-0.2, -0.15) is 0 Å². The molecule has 0 aromatic heterocycles. The lowest BCUT2D eigenvalue weighted by Crippen LogP contribution is -2.31. The fourth-order valence-electron chi connectivity index (χ4n) is 1.80. The van der Waals surface area contributed by atoms with Crippen LogP contribution in [0.5, 0.6) is 5.75 Å². The van der Waals surface area contributed by atoms with Crippen molar-refractivity contribution in [2.24, 2.45) is 5.92 Å². The summed E-state index contributed by atoms with van der Waals surface area (Å²) in [6, 6.07) is 2.14. The number of rotatable bonds is 6. The predicted octanol–water partition coefficient (Wildman–Crippen LogP) is 2.08. The van der Waals surface area contributed by atoms with Gasteiger partial charge < -0.3 is 10.5 Å². The maximum atomic E-state index is 13.7. The summed E-state index contributed by atoms with van der Waals surface area (Å²) >= 11 is 0. The molecule has 1 atom stereocenters. The highest BCUT2D eigenvalue weighted by molar-refractivity contribution is 7.89. The normalized spacial score (nSPS) is 13.5. The Hall–Kier alpha value is -1.34. The first-order valence-corrected chi connectivity index (χ1v) is 7.77. The Bertz CT molecular complexity index is 552. The number of halogens is 1. The van der Waals surface area contributed by atoms with E-state index in [0.29, 0.717) is 6.54 Å². The third-order valence-corrected chi connectivity index (χ3v) is 5.02. The van der Waals surface area contributed by atoms with Gasteiger partial charge in [-0.05, 0) is 18.1 Å². The van der Waals surface area contributed by atoms with Crippen molar-refractivity contribution in [3.05, 3.63) is 17.9 Å². The van der Waals surface area contributed by atoms with Gasteiger partial charge in [0.15, 0.2) is 11.6 Å². The predicted molar refractivity (Wildman–Crippen MR) is 76.6 cm³/mol. The van der Waals surface area contributed by atoms with Crippen molar-refractivity contribution in [2.45, 2.75) is 25.2 Å². The second kappa shape index (κ2) is 6.41. The molecule has 0 spiro atoms. The summed E-state index contributed by atoms with van der Waals surface area (Å²) in [5, 5.41) is 0. The molecule has 1 aromatic rings. The summed E-state index contributed by atoms with van der Waals surface area (Å²) < 4.78 is 44.4. The molecule has 20 heavy (non-hydrogen) atoms. The molecule has 0 saturated heterocycles. The SMILES string of the molecule is CCC(C)CN(C)S(=O)(=O)c1cc(N)c(OC)c(F)c1. The second-order valence-corrected chi connectivity index (χ2v) is 6.87. The van der Waals surface area contributed by atoms with E-state index in [1.165, 1.54) is 24.5 Å². The van der Waals surface area contributed by atoms with Crippen LogP contribution in [0.25, 0.3) is 0 Å². The standard InChI is InChI=1S/C13H21FN2O3S/c1-5-9(2)8-16(3)20(17,18)10-6-11(14)13(19-4)12(15)7-10/h6-7,9H,5,8,15H2,1-4H3. The molecule has 0 radical (unpaired) electrons. The minimum atomic E-state index is -3.76. The fourth-order valence-corrected chi connectivity index (χ4v) is 3.14. The van der Waals surface area contributed by atoms with Crippen molar-refractivity contribution in [1.82, 2.24) is 4.31 Å². The molecular formula is C13H21FN2O3S. The summed E-state index contributed by atoms with van der Waals surface area (Å²) in [6.07, 6.45) is 0.860. The number of methoxy groups -OCH3 is 1. The molecule has 5 nitrogen and oxygen atoms in total. The van der Waals surface area contributed by atoms with Gasteiger partial charge in [0.25, 0.3) is 0 Å². The van der Waals surface area contributed by atoms with Gasteiger partial charge in [0.05, 0.1) is 17.7 Å². The minimum Gasteiger partial charge on any atom is -0.492 e. The highest BCUT2D eigenvalue weighted by Gasteiger charge is 2.24. The van der Waals surface area contributed by atoms with E-state index in [2.05, 4.69) is 0 Å². The Morgan fingerprint density at radius 2 is 2.05 bits per heavy atom. The molecule has 114 valence electrons. The van der Waals surface area contributed by atoms with Crippen molar-refractivity contribution in [1.29, 1.82) is 0 Å². The van der Waals surface area contributed by atoms with Crippen LogP contribution < -0.4 is 10.5 Å². The Morgan fingerprint density at radius 3 is 2.50 bits per heavy atom. The van der Waals surface area contributed by atoms with Gasteiger partial charge in [-0.3, -0.25) is 0 Å². The Labute approximate surface area is 119 Å². The highest BCUT2D eigenvalue weighted by Crippen LogP contribution is 2.29. The lowest BCUT2D eigenvalue weighted by atomic mass is 10.1. The van der Waals surface area contributed by atoms with E-state index in [4.69, 9.17) is 10.5 Å². The molecule has 0 saturated carbocycles. The van der Waals surface area contributed by atoms with Crippen LogP contribution in [0.15, 0.2) is 17.0 Å². The van der Waals surface area contributed by atoms with Gasteiger partial charge >= 0.3 is 0 Å². The zero-order valence-electron chi connectivity index (χ0n) is 12.2. The zero-order valence-corrected chi connectivity index (χ0v) is 13.0. The Balaban J connectivity index is 3.16. The summed E-state index contributed by atoms with van der Waals surface area (Å²) in [5.74, 6) is -0.716. The maximum absolute atomic E-state index is 13.7. The van der Waals surface area contributed by atoms with Crippen LogP contribution in [-0.2, 0) is 10.0 Å². The minimum absolute atomic E-state index is 0.0389. The molecule has 7 heteroatoms. The topological polar surface area (TPSA) is 72.6 Å². The monoisotopic (exact) mass is 304 g/mol. The lowest BCUT2D eigenvalue weighted by Gasteiger charge is -2.21. The average molecular weight is 304 g/mol. The summed E-state index contributed by atoms with van der Waals surface area (Å²) in [7, 11) is -1.01.